The van der Waals surface area contributed by atoms with Crippen LogP contribution in [-0.2, 0) is 32.2 Å². The Kier molecular flexibility index (Phi) is 8.24. The summed E-state index contributed by atoms with van der Waals surface area (Å²) in [5.41, 5.74) is 3.74. The van der Waals surface area contributed by atoms with Crippen LogP contribution in [0.4, 0.5) is 4.39 Å². The number of likely N-dealkylation sites (tertiary alicyclic amines) is 1. The molecule has 3 aromatic rings. The number of methoxy groups -OCH3 is 1. The molecule has 0 aliphatic carbocycles. The van der Waals surface area contributed by atoms with Gasteiger partial charge in [-0.15, -0.1) is 0 Å². The maximum Gasteiger partial charge on any atom is 0.255 e. The van der Waals surface area contributed by atoms with E-state index in [2.05, 4.69) is 21.3 Å². The predicted octanol–water partition coefficient (Wildman–Crippen LogP) is 3.55. The number of rotatable bonds is 8. The fourth-order valence-electron chi connectivity index (χ4n) is 7.25. The highest BCUT2D eigenvalue weighted by Gasteiger charge is 2.40. The van der Waals surface area contributed by atoms with Crippen LogP contribution < -0.4 is 10.1 Å². The summed E-state index contributed by atoms with van der Waals surface area (Å²) in [6.07, 6.45) is 4.07. The van der Waals surface area contributed by atoms with Crippen molar-refractivity contribution in [1.29, 1.82) is 0 Å². The van der Waals surface area contributed by atoms with Crippen molar-refractivity contribution in [2.75, 3.05) is 40.0 Å². The van der Waals surface area contributed by atoms with E-state index in [1.165, 1.54) is 4.90 Å². The molecule has 10 nitrogen and oxygen atoms in total. The second-order valence-corrected chi connectivity index (χ2v) is 12.6. The summed E-state index contributed by atoms with van der Waals surface area (Å²) in [7, 11) is 1.67. The zero-order valence-electron chi connectivity index (χ0n) is 25.3. The summed E-state index contributed by atoms with van der Waals surface area (Å²) in [6, 6.07) is 10.4. The number of benzene rings is 2. The molecule has 0 spiro atoms. The average Bonchev–Trinajstić information content (AvgIpc) is 3.56. The van der Waals surface area contributed by atoms with Crippen molar-refractivity contribution in [2.45, 2.75) is 56.8 Å². The lowest BCUT2D eigenvalue weighted by Crippen LogP contribution is -2.52. The highest BCUT2D eigenvalue weighted by atomic mass is 19.1. The fraction of sp³-hybridized carbons (Fsp3) is 0.471. The topological polar surface area (TPSA) is 110 Å². The van der Waals surface area contributed by atoms with Gasteiger partial charge in [0.1, 0.15) is 29.2 Å². The van der Waals surface area contributed by atoms with Gasteiger partial charge in [-0.2, -0.15) is 0 Å². The van der Waals surface area contributed by atoms with E-state index in [0.717, 1.165) is 54.7 Å². The molecule has 45 heavy (non-hydrogen) atoms. The van der Waals surface area contributed by atoms with Crippen molar-refractivity contribution < 1.29 is 33.0 Å². The molecule has 0 radical (unpaired) electrons. The van der Waals surface area contributed by atoms with Gasteiger partial charge in [0.2, 0.25) is 11.8 Å². The first-order valence-corrected chi connectivity index (χ1v) is 15.7. The highest BCUT2D eigenvalue weighted by Crippen LogP contribution is 2.33. The third-order valence-electron chi connectivity index (χ3n) is 9.54. The van der Waals surface area contributed by atoms with Gasteiger partial charge in [0.05, 0.1) is 6.61 Å². The second-order valence-electron chi connectivity index (χ2n) is 12.6. The first kappa shape index (κ1) is 29.8. The molecular formula is C34H37FN4O6. The Hall–Kier alpha value is -3.93. The van der Waals surface area contributed by atoms with Crippen molar-refractivity contribution in [3.63, 3.8) is 0 Å². The van der Waals surface area contributed by atoms with Crippen molar-refractivity contribution in [3.05, 3.63) is 70.7 Å². The van der Waals surface area contributed by atoms with Crippen LogP contribution in [0.3, 0.4) is 0 Å². The molecule has 2 aromatic carbocycles. The number of fused-ring (bicyclic) bond motifs is 2. The first-order chi connectivity index (χ1) is 21.9. The van der Waals surface area contributed by atoms with E-state index in [1.807, 2.05) is 12.1 Å². The van der Waals surface area contributed by atoms with Crippen LogP contribution in [0.5, 0.6) is 5.75 Å². The number of ether oxygens (including phenoxy) is 3. The minimum absolute atomic E-state index is 0.0944. The number of hydrogen-bond acceptors (Lipinski definition) is 8. The Morgan fingerprint density at radius 2 is 1.91 bits per heavy atom. The Balaban J connectivity index is 1.04. The number of piperidine rings is 1. The van der Waals surface area contributed by atoms with E-state index in [1.54, 1.807) is 31.5 Å². The van der Waals surface area contributed by atoms with Gasteiger partial charge in [-0.3, -0.25) is 29.6 Å². The molecule has 0 bridgehead atoms. The van der Waals surface area contributed by atoms with Crippen LogP contribution in [0.15, 0.2) is 42.6 Å². The SMILES string of the molecule is COC[C@@H]1CN(Cc2cc(F)c3ncc(C4CCOCC4)cc3c2)C[C@H]1Oc1ccc2c(c1)CN([C@H]1CCC(=O)NC1=O)C2=O. The predicted molar refractivity (Wildman–Crippen MR) is 162 cm³/mol. The van der Waals surface area contributed by atoms with Gasteiger partial charge in [-0.05, 0) is 78.3 Å². The summed E-state index contributed by atoms with van der Waals surface area (Å²) in [4.78, 5) is 45.4. The maximum absolute atomic E-state index is 15.2. The van der Waals surface area contributed by atoms with Gasteiger partial charge in [0, 0.05) is 76.0 Å². The Morgan fingerprint density at radius 3 is 2.71 bits per heavy atom. The molecule has 236 valence electrons. The van der Waals surface area contributed by atoms with Crippen molar-refractivity contribution >= 4 is 28.6 Å². The summed E-state index contributed by atoms with van der Waals surface area (Å²) in [6.45, 7) is 4.20. The Labute approximate surface area is 260 Å². The van der Waals surface area contributed by atoms with E-state index in [-0.39, 0.29) is 42.6 Å². The Morgan fingerprint density at radius 1 is 1.07 bits per heavy atom. The number of carbonyl (C=O) groups is 3. The molecule has 1 N–H and O–H groups in total. The molecular weight excluding hydrogens is 579 g/mol. The van der Waals surface area contributed by atoms with Crippen molar-refractivity contribution in [3.8, 4) is 5.75 Å². The quantitative estimate of drug-likeness (QED) is 0.383. The van der Waals surface area contributed by atoms with Crippen LogP contribution in [0, 0.1) is 11.7 Å². The maximum atomic E-state index is 15.2. The van der Waals surface area contributed by atoms with E-state index in [9.17, 15) is 14.4 Å². The summed E-state index contributed by atoms with van der Waals surface area (Å²) in [5, 5.41) is 3.15. The number of nitrogens with zero attached hydrogens (tertiary/aromatic N) is 3. The first-order valence-electron chi connectivity index (χ1n) is 15.7. The molecule has 3 fully saturated rings. The number of pyridine rings is 1. The van der Waals surface area contributed by atoms with E-state index in [0.29, 0.717) is 48.9 Å². The number of carbonyl (C=O) groups excluding carboxylic acids is 3. The standard InChI is InChI=1S/C34H37FN4O6/c1-43-19-25-16-38(15-20-10-22-12-23(21-6-8-44-9-7-21)14-36-32(22)28(35)11-20)18-30(25)45-26-2-3-27-24(13-26)17-39(34(27)42)29-4-5-31(40)37-33(29)41/h2-3,10-14,21,25,29-30H,4-9,15-19H2,1H3,(H,37,40,41)/t25-,29-,30+/m0/s1. The smallest absolute Gasteiger partial charge is 0.255 e. The lowest BCUT2D eigenvalue weighted by molar-refractivity contribution is -0.136. The van der Waals surface area contributed by atoms with Gasteiger partial charge >= 0.3 is 0 Å². The monoisotopic (exact) mass is 616 g/mol. The van der Waals surface area contributed by atoms with Gasteiger partial charge in [-0.1, -0.05) is 0 Å². The van der Waals surface area contributed by atoms with Crippen LogP contribution in [0.1, 0.15) is 58.6 Å². The van der Waals surface area contributed by atoms with Crippen LogP contribution in [0.2, 0.25) is 0 Å². The molecule has 3 saturated heterocycles. The van der Waals surface area contributed by atoms with E-state index in [4.69, 9.17) is 14.2 Å². The third-order valence-corrected chi connectivity index (χ3v) is 9.54. The summed E-state index contributed by atoms with van der Waals surface area (Å²) >= 11 is 0. The third kappa shape index (κ3) is 6.04. The zero-order valence-corrected chi connectivity index (χ0v) is 25.3. The lowest BCUT2D eigenvalue weighted by atomic mass is 9.92. The van der Waals surface area contributed by atoms with Crippen LogP contribution in [-0.4, -0.2) is 84.7 Å². The van der Waals surface area contributed by atoms with Gasteiger partial charge < -0.3 is 19.1 Å². The molecule has 5 heterocycles. The molecule has 7 rings (SSSR count). The Bertz CT molecular complexity index is 1640. The average molecular weight is 617 g/mol. The normalized spacial score (nSPS) is 24.4. The number of hydrogen-bond donors (Lipinski definition) is 1. The molecule has 3 amide bonds. The highest BCUT2D eigenvalue weighted by molar-refractivity contribution is 6.05. The van der Waals surface area contributed by atoms with Gasteiger partial charge in [-0.25, -0.2) is 4.39 Å². The lowest BCUT2D eigenvalue weighted by Gasteiger charge is -2.29. The van der Waals surface area contributed by atoms with Gasteiger partial charge in [0.25, 0.3) is 5.91 Å². The molecule has 1 aromatic heterocycles. The summed E-state index contributed by atoms with van der Waals surface area (Å²) in [5.74, 6) is -0.158. The minimum atomic E-state index is -0.661. The zero-order chi connectivity index (χ0) is 31.1. The number of halogens is 1. The number of amides is 3. The van der Waals surface area contributed by atoms with Crippen molar-refractivity contribution in [1.82, 2.24) is 20.1 Å². The van der Waals surface area contributed by atoms with E-state index < -0.39 is 11.9 Å². The van der Waals surface area contributed by atoms with Crippen molar-refractivity contribution in [2.24, 2.45) is 5.92 Å². The van der Waals surface area contributed by atoms with Crippen LogP contribution in [0.25, 0.3) is 10.9 Å². The summed E-state index contributed by atoms with van der Waals surface area (Å²) < 4.78 is 32.7. The fourth-order valence-corrected chi connectivity index (χ4v) is 7.25. The van der Waals surface area contributed by atoms with E-state index >= 15 is 4.39 Å². The molecule has 4 aliphatic heterocycles. The van der Waals surface area contributed by atoms with Crippen LogP contribution >= 0.6 is 0 Å². The molecule has 3 atom stereocenters. The molecule has 11 heteroatoms. The second kappa shape index (κ2) is 12.5. The molecule has 0 saturated carbocycles. The van der Waals surface area contributed by atoms with Gasteiger partial charge in [0.15, 0.2) is 0 Å². The molecule has 4 aliphatic rings. The minimum Gasteiger partial charge on any atom is -0.489 e. The largest absolute Gasteiger partial charge is 0.489 e. The number of aromatic nitrogens is 1. The number of imide groups is 1. The molecule has 0 unspecified atom stereocenters. The number of nitrogens with one attached hydrogen (secondary N) is 1.